The molecule has 0 aliphatic rings. The van der Waals surface area contributed by atoms with Gasteiger partial charge >= 0.3 is 12.1 Å². The molecule has 0 saturated carbocycles. The molecule has 0 nitrogen and oxygen atoms in total. The van der Waals surface area contributed by atoms with Crippen LogP contribution < -0.4 is 0 Å². The van der Waals surface area contributed by atoms with Crippen molar-refractivity contribution in [2.75, 3.05) is 0 Å². The molecule has 16 heavy (non-hydrogen) atoms. The highest BCUT2D eigenvalue weighted by atomic mass is 35.5. The maximum absolute atomic E-state index is 12.9. The third-order valence-electron chi connectivity index (χ3n) is 2.07. The summed E-state index contributed by atoms with van der Waals surface area (Å²) in [5.74, 6) is -4.94. The summed E-state index contributed by atoms with van der Waals surface area (Å²) in [5, 5.41) is -2.41. The molecule has 90 valence electrons. The van der Waals surface area contributed by atoms with Gasteiger partial charge in [-0.3, -0.25) is 0 Å². The number of rotatable bonds is 2. The first-order valence-electron chi connectivity index (χ1n) is 4.31. The Hall–Kier alpha value is -0.840. The van der Waals surface area contributed by atoms with Crippen molar-refractivity contribution < 1.29 is 22.0 Å². The maximum atomic E-state index is 12.9. The minimum Gasteiger partial charge on any atom is -0.194 e. The Balaban J connectivity index is 3.02. The zero-order valence-electron chi connectivity index (χ0n) is 8.15. The molecule has 0 saturated heterocycles. The lowest BCUT2D eigenvalue weighted by molar-refractivity contribution is -0.283. The molecule has 1 unspecified atom stereocenters. The summed E-state index contributed by atoms with van der Waals surface area (Å²) in [6.45, 7) is 1.69. The average molecular weight is 259 g/mol. The van der Waals surface area contributed by atoms with E-state index in [1.807, 2.05) is 0 Å². The summed E-state index contributed by atoms with van der Waals surface area (Å²) in [4.78, 5) is 0. The normalized spacial score (nSPS) is 14.9. The SMILES string of the molecule is Cc1ccc(C(Cl)C(F)(F)C(F)(F)F)cc1. The maximum Gasteiger partial charge on any atom is 0.455 e. The molecule has 0 fully saturated rings. The summed E-state index contributed by atoms with van der Waals surface area (Å²) < 4.78 is 61.7. The van der Waals surface area contributed by atoms with Crippen LogP contribution in [0, 0.1) is 6.92 Å². The molecule has 0 amide bonds. The fourth-order valence-corrected chi connectivity index (χ4v) is 1.36. The Morgan fingerprint density at radius 1 is 1.00 bits per heavy atom. The van der Waals surface area contributed by atoms with Crippen LogP contribution in [-0.2, 0) is 0 Å². The van der Waals surface area contributed by atoms with Gasteiger partial charge in [0, 0.05) is 0 Å². The Bertz CT molecular complexity index is 354. The number of aryl methyl sites for hydroxylation is 1. The minimum absolute atomic E-state index is 0.255. The monoisotopic (exact) mass is 258 g/mol. The van der Waals surface area contributed by atoms with Gasteiger partial charge in [0.15, 0.2) is 0 Å². The molecular formula is C10H8ClF5. The van der Waals surface area contributed by atoms with Gasteiger partial charge in [-0.1, -0.05) is 29.8 Å². The molecule has 0 spiro atoms. The van der Waals surface area contributed by atoms with Crippen molar-refractivity contribution in [1.29, 1.82) is 0 Å². The predicted molar refractivity (Wildman–Crippen MR) is 50.8 cm³/mol. The molecule has 6 heteroatoms. The molecule has 0 aliphatic heterocycles. The van der Waals surface area contributed by atoms with Crippen LogP contribution in [0.3, 0.4) is 0 Å². The van der Waals surface area contributed by atoms with E-state index in [4.69, 9.17) is 11.6 Å². The van der Waals surface area contributed by atoms with Gasteiger partial charge in [0.1, 0.15) is 5.38 Å². The molecule has 0 bridgehead atoms. The topological polar surface area (TPSA) is 0 Å². The van der Waals surface area contributed by atoms with E-state index >= 15 is 0 Å². The molecule has 0 heterocycles. The van der Waals surface area contributed by atoms with E-state index in [2.05, 4.69) is 0 Å². The number of halogens is 6. The second kappa shape index (κ2) is 4.20. The minimum atomic E-state index is -5.65. The Morgan fingerprint density at radius 3 is 1.81 bits per heavy atom. The number of benzene rings is 1. The lowest BCUT2D eigenvalue weighted by Crippen LogP contribution is -2.40. The summed E-state index contributed by atoms with van der Waals surface area (Å²) >= 11 is 5.16. The first kappa shape index (κ1) is 13.2. The van der Waals surface area contributed by atoms with Crippen molar-refractivity contribution in [2.24, 2.45) is 0 Å². The van der Waals surface area contributed by atoms with Gasteiger partial charge in [-0.05, 0) is 12.5 Å². The summed E-state index contributed by atoms with van der Waals surface area (Å²) in [7, 11) is 0. The molecule has 1 aromatic carbocycles. The van der Waals surface area contributed by atoms with Crippen molar-refractivity contribution in [1.82, 2.24) is 0 Å². The van der Waals surface area contributed by atoms with Gasteiger partial charge in [0.25, 0.3) is 0 Å². The van der Waals surface area contributed by atoms with Crippen LogP contribution in [0.5, 0.6) is 0 Å². The molecular weight excluding hydrogens is 251 g/mol. The van der Waals surface area contributed by atoms with Crippen LogP contribution in [0.2, 0.25) is 0 Å². The van der Waals surface area contributed by atoms with Crippen LogP contribution >= 0.6 is 11.6 Å². The van der Waals surface area contributed by atoms with E-state index in [1.165, 1.54) is 12.1 Å². The van der Waals surface area contributed by atoms with Crippen LogP contribution in [-0.4, -0.2) is 12.1 Å². The highest BCUT2D eigenvalue weighted by Gasteiger charge is 2.62. The standard InChI is InChI=1S/C10H8ClF5/c1-6-2-4-7(5-3-6)8(11)9(12,13)10(14,15)16/h2-5,8H,1H3. The van der Waals surface area contributed by atoms with Crippen LogP contribution in [0.25, 0.3) is 0 Å². The van der Waals surface area contributed by atoms with E-state index in [0.717, 1.165) is 17.7 Å². The molecule has 1 aromatic rings. The Morgan fingerprint density at radius 2 is 1.44 bits per heavy atom. The fraction of sp³-hybridized carbons (Fsp3) is 0.400. The Kier molecular flexibility index (Phi) is 3.47. The zero-order valence-corrected chi connectivity index (χ0v) is 8.91. The predicted octanol–water partition coefficient (Wildman–Crippen LogP) is 4.47. The second-order valence-electron chi connectivity index (χ2n) is 3.39. The Labute approximate surface area is 94.0 Å². The summed E-state index contributed by atoms with van der Waals surface area (Å²) in [6, 6.07) is 5.17. The van der Waals surface area contributed by atoms with E-state index < -0.39 is 17.5 Å². The van der Waals surface area contributed by atoms with Crippen LogP contribution in [0.4, 0.5) is 22.0 Å². The van der Waals surface area contributed by atoms with Gasteiger partial charge in [-0.2, -0.15) is 22.0 Å². The molecule has 0 N–H and O–H groups in total. The van der Waals surface area contributed by atoms with Crippen LogP contribution in [0.15, 0.2) is 24.3 Å². The second-order valence-corrected chi connectivity index (χ2v) is 3.83. The highest BCUT2D eigenvalue weighted by molar-refractivity contribution is 6.21. The molecule has 0 aliphatic carbocycles. The van der Waals surface area contributed by atoms with E-state index in [9.17, 15) is 22.0 Å². The average Bonchev–Trinajstić information content (AvgIpc) is 2.16. The fourth-order valence-electron chi connectivity index (χ4n) is 1.09. The van der Waals surface area contributed by atoms with E-state index in [-0.39, 0.29) is 5.56 Å². The summed E-state index contributed by atoms with van der Waals surface area (Å²) in [6.07, 6.45) is -5.65. The zero-order chi connectivity index (χ0) is 12.6. The molecule has 0 aromatic heterocycles. The third kappa shape index (κ3) is 2.45. The largest absolute Gasteiger partial charge is 0.455 e. The van der Waals surface area contributed by atoms with Crippen molar-refractivity contribution in [3.63, 3.8) is 0 Å². The van der Waals surface area contributed by atoms with Crippen molar-refractivity contribution in [2.45, 2.75) is 24.4 Å². The van der Waals surface area contributed by atoms with Gasteiger partial charge in [0.05, 0.1) is 0 Å². The molecule has 0 radical (unpaired) electrons. The quantitative estimate of drug-likeness (QED) is 0.542. The number of hydrogen-bond donors (Lipinski definition) is 0. The first-order valence-corrected chi connectivity index (χ1v) is 4.75. The van der Waals surface area contributed by atoms with Crippen LogP contribution in [0.1, 0.15) is 16.5 Å². The smallest absolute Gasteiger partial charge is 0.194 e. The van der Waals surface area contributed by atoms with Crippen molar-refractivity contribution in [3.8, 4) is 0 Å². The van der Waals surface area contributed by atoms with Gasteiger partial charge in [-0.15, -0.1) is 11.6 Å². The van der Waals surface area contributed by atoms with Gasteiger partial charge in [-0.25, -0.2) is 0 Å². The molecule has 1 rings (SSSR count). The lowest BCUT2D eigenvalue weighted by Gasteiger charge is -2.24. The van der Waals surface area contributed by atoms with Gasteiger partial charge in [0.2, 0.25) is 0 Å². The number of hydrogen-bond acceptors (Lipinski definition) is 0. The molecule has 1 atom stereocenters. The van der Waals surface area contributed by atoms with Crippen molar-refractivity contribution in [3.05, 3.63) is 35.4 Å². The summed E-state index contributed by atoms with van der Waals surface area (Å²) in [5.41, 5.74) is 0.498. The van der Waals surface area contributed by atoms with E-state index in [1.54, 1.807) is 6.92 Å². The number of alkyl halides is 6. The third-order valence-corrected chi connectivity index (χ3v) is 2.59. The highest BCUT2D eigenvalue weighted by Crippen LogP contribution is 2.47. The first-order chi connectivity index (χ1) is 7.16. The van der Waals surface area contributed by atoms with E-state index in [0.29, 0.717) is 0 Å². The van der Waals surface area contributed by atoms with Crippen molar-refractivity contribution >= 4 is 11.6 Å². The van der Waals surface area contributed by atoms with Gasteiger partial charge < -0.3 is 0 Å². The lowest BCUT2D eigenvalue weighted by atomic mass is 10.0.